The zero-order valence-electron chi connectivity index (χ0n) is 16.6. The van der Waals surface area contributed by atoms with Crippen molar-refractivity contribution in [3.8, 4) is 5.75 Å². The van der Waals surface area contributed by atoms with Gasteiger partial charge in [0.05, 0.1) is 17.6 Å². The number of H-pyrrole nitrogens is 1. The van der Waals surface area contributed by atoms with Crippen molar-refractivity contribution in [3.05, 3.63) is 59.9 Å². The summed E-state index contributed by atoms with van der Waals surface area (Å²) in [6.07, 6.45) is 3.39. The quantitative estimate of drug-likeness (QED) is 0.247. The number of aromatic nitrogens is 2. The van der Waals surface area contributed by atoms with Crippen LogP contribution in [0.3, 0.4) is 0 Å². The van der Waals surface area contributed by atoms with Crippen molar-refractivity contribution in [2.75, 3.05) is 20.2 Å². The Bertz CT molecular complexity index is 918. The van der Waals surface area contributed by atoms with Crippen LogP contribution in [0.1, 0.15) is 24.2 Å². The van der Waals surface area contributed by atoms with E-state index in [0.717, 1.165) is 59.6 Å². The first-order valence-corrected chi connectivity index (χ1v) is 9.90. The second kappa shape index (κ2) is 10.5. The summed E-state index contributed by atoms with van der Waals surface area (Å²) in [6, 6.07) is 16.3. The highest BCUT2D eigenvalue weighted by Crippen LogP contribution is 2.30. The van der Waals surface area contributed by atoms with E-state index in [1.807, 2.05) is 42.5 Å². The molecule has 0 aliphatic heterocycles. The number of guanidine groups is 1. The summed E-state index contributed by atoms with van der Waals surface area (Å²) >= 11 is 0. The van der Waals surface area contributed by atoms with E-state index in [1.165, 1.54) is 12.8 Å². The summed E-state index contributed by atoms with van der Waals surface area (Å²) < 4.78 is 5.98. The van der Waals surface area contributed by atoms with Crippen LogP contribution in [0.15, 0.2) is 53.5 Å². The number of imidazole rings is 1. The number of fused-ring (bicyclic) bond motifs is 1. The first-order valence-electron chi connectivity index (χ1n) is 9.90. The molecule has 1 saturated carbocycles. The smallest absolute Gasteiger partial charge is 0.191 e. The number of hydrogen-bond acceptors (Lipinski definition) is 3. The molecule has 0 saturated heterocycles. The van der Waals surface area contributed by atoms with Gasteiger partial charge in [0.1, 0.15) is 11.6 Å². The standard InChI is InChI=1S/C22H27N5O.HI/c1-23-22(24-13-12-21-26-18-7-3-4-8-19(18)27-21)25-14-17-6-2-5-9-20(17)28-15-16-10-11-16;/h2-9,16H,10-15H2,1H3,(H,26,27)(H2,23,24,25);1H. The molecule has 29 heavy (non-hydrogen) atoms. The van der Waals surface area contributed by atoms with Gasteiger partial charge in [-0.05, 0) is 37.0 Å². The lowest BCUT2D eigenvalue weighted by atomic mass is 10.2. The fourth-order valence-electron chi connectivity index (χ4n) is 3.11. The molecule has 1 aromatic heterocycles. The van der Waals surface area contributed by atoms with Crippen LogP contribution in [0.4, 0.5) is 0 Å². The van der Waals surface area contributed by atoms with E-state index in [1.54, 1.807) is 7.05 Å². The minimum Gasteiger partial charge on any atom is -0.493 e. The van der Waals surface area contributed by atoms with Crippen LogP contribution in [-0.2, 0) is 13.0 Å². The van der Waals surface area contributed by atoms with Crippen molar-refractivity contribution >= 4 is 41.0 Å². The second-order valence-corrected chi connectivity index (χ2v) is 7.17. The number of para-hydroxylation sites is 3. The summed E-state index contributed by atoms with van der Waals surface area (Å²) in [6.45, 7) is 2.24. The van der Waals surface area contributed by atoms with Crippen LogP contribution in [0.2, 0.25) is 0 Å². The number of nitrogens with one attached hydrogen (secondary N) is 3. The fraction of sp³-hybridized carbons (Fsp3) is 0.364. The van der Waals surface area contributed by atoms with Gasteiger partial charge in [-0.25, -0.2) is 4.98 Å². The molecule has 154 valence electrons. The van der Waals surface area contributed by atoms with Gasteiger partial charge in [-0.2, -0.15) is 0 Å². The summed E-state index contributed by atoms with van der Waals surface area (Å²) in [5.41, 5.74) is 3.22. The molecule has 0 bridgehead atoms. The maximum atomic E-state index is 5.98. The van der Waals surface area contributed by atoms with Crippen LogP contribution >= 0.6 is 24.0 Å². The normalized spacial score (nSPS) is 13.8. The Morgan fingerprint density at radius 2 is 1.93 bits per heavy atom. The van der Waals surface area contributed by atoms with Crippen molar-refractivity contribution in [1.82, 2.24) is 20.6 Å². The third-order valence-electron chi connectivity index (χ3n) is 4.91. The van der Waals surface area contributed by atoms with Crippen LogP contribution in [-0.4, -0.2) is 36.1 Å². The lowest BCUT2D eigenvalue weighted by Gasteiger charge is -2.14. The monoisotopic (exact) mass is 505 g/mol. The molecule has 4 rings (SSSR count). The number of ether oxygens (including phenoxy) is 1. The van der Waals surface area contributed by atoms with E-state index >= 15 is 0 Å². The van der Waals surface area contributed by atoms with E-state index < -0.39 is 0 Å². The number of aliphatic imine (C=N–C) groups is 1. The maximum Gasteiger partial charge on any atom is 0.191 e. The first kappa shape index (κ1) is 21.4. The zero-order valence-corrected chi connectivity index (χ0v) is 19.0. The number of halogens is 1. The van der Waals surface area contributed by atoms with Gasteiger partial charge in [0.25, 0.3) is 0 Å². The van der Waals surface area contributed by atoms with Crippen molar-refractivity contribution < 1.29 is 4.74 Å². The molecule has 1 aliphatic rings. The van der Waals surface area contributed by atoms with Crippen LogP contribution in [0.5, 0.6) is 5.75 Å². The molecule has 1 fully saturated rings. The molecule has 0 atom stereocenters. The van der Waals surface area contributed by atoms with Gasteiger partial charge >= 0.3 is 0 Å². The summed E-state index contributed by atoms with van der Waals surface area (Å²) in [5.74, 6) is 3.45. The van der Waals surface area contributed by atoms with Crippen LogP contribution in [0, 0.1) is 5.92 Å². The Hall–Kier alpha value is -2.29. The minimum atomic E-state index is 0. The SMILES string of the molecule is CN=C(NCCc1nc2ccccc2[nH]1)NCc1ccccc1OCC1CC1.I. The molecule has 3 aromatic rings. The molecule has 1 heterocycles. The second-order valence-electron chi connectivity index (χ2n) is 7.17. The lowest BCUT2D eigenvalue weighted by molar-refractivity contribution is 0.296. The number of aromatic amines is 1. The Morgan fingerprint density at radius 3 is 2.72 bits per heavy atom. The highest BCUT2D eigenvalue weighted by atomic mass is 127. The topological polar surface area (TPSA) is 74.3 Å². The largest absolute Gasteiger partial charge is 0.493 e. The summed E-state index contributed by atoms with van der Waals surface area (Å²) in [5, 5.41) is 6.72. The van der Waals surface area contributed by atoms with Gasteiger partial charge in [0.2, 0.25) is 0 Å². The van der Waals surface area contributed by atoms with Crippen LogP contribution < -0.4 is 15.4 Å². The van der Waals surface area contributed by atoms with Crippen LogP contribution in [0.25, 0.3) is 11.0 Å². The molecule has 0 amide bonds. The van der Waals surface area contributed by atoms with Gasteiger partial charge in [-0.1, -0.05) is 30.3 Å². The van der Waals surface area contributed by atoms with Gasteiger partial charge < -0.3 is 20.4 Å². The molecule has 7 heteroatoms. The summed E-state index contributed by atoms with van der Waals surface area (Å²) in [4.78, 5) is 12.3. The number of benzene rings is 2. The lowest BCUT2D eigenvalue weighted by Crippen LogP contribution is -2.38. The van der Waals surface area contributed by atoms with E-state index in [0.29, 0.717) is 6.54 Å². The molecule has 1 aliphatic carbocycles. The first-order chi connectivity index (χ1) is 13.8. The van der Waals surface area contributed by atoms with E-state index in [9.17, 15) is 0 Å². The Morgan fingerprint density at radius 1 is 1.14 bits per heavy atom. The number of hydrogen-bond donors (Lipinski definition) is 3. The van der Waals surface area contributed by atoms with Gasteiger partial charge in [0.15, 0.2) is 5.96 Å². The highest BCUT2D eigenvalue weighted by molar-refractivity contribution is 14.0. The van der Waals surface area contributed by atoms with Gasteiger partial charge in [-0.15, -0.1) is 24.0 Å². The van der Waals surface area contributed by atoms with Gasteiger partial charge in [-0.3, -0.25) is 4.99 Å². The maximum absolute atomic E-state index is 5.98. The molecule has 2 aromatic carbocycles. The van der Waals surface area contributed by atoms with E-state index in [-0.39, 0.29) is 24.0 Å². The third-order valence-corrected chi connectivity index (χ3v) is 4.91. The van der Waals surface area contributed by atoms with Crippen molar-refractivity contribution in [3.63, 3.8) is 0 Å². The minimum absolute atomic E-state index is 0. The van der Waals surface area contributed by atoms with E-state index in [2.05, 4.69) is 31.7 Å². The summed E-state index contributed by atoms with van der Waals surface area (Å²) in [7, 11) is 1.78. The predicted octanol–water partition coefficient (Wildman–Crippen LogP) is 3.88. The molecule has 0 spiro atoms. The average Bonchev–Trinajstić information content (AvgIpc) is 3.47. The number of rotatable bonds is 8. The molecular weight excluding hydrogens is 477 g/mol. The number of nitrogens with zero attached hydrogens (tertiary/aromatic N) is 2. The molecular formula is C22H28IN5O. The fourth-order valence-corrected chi connectivity index (χ4v) is 3.11. The molecule has 3 N–H and O–H groups in total. The molecule has 6 nitrogen and oxygen atoms in total. The Kier molecular flexibility index (Phi) is 7.74. The average molecular weight is 505 g/mol. The molecule has 0 unspecified atom stereocenters. The molecule has 0 radical (unpaired) electrons. The third kappa shape index (κ3) is 6.09. The van der Waals surface area contributed by atoms with Crippen molar-refractivity contribution in [2.24, 2.45) is 10.9 Å². The van der Waals surface area contributed by atoms with Crippen molar-refractivity contribution in [1.29, 1.82) is 0 Å². The Balaban J connectivity index is 0.00000240. The Labute approximate surface area is 188 Å². The van der Waals surface area contributed by atoms with Gasteiger partial charge in [0, 0.05) is 32.1 Å². The van der Waals surface area contributed by atoms with Crippen molar-refractivity contribution in [2.45, 2.75) is 25.8 Å². The van der Waals surface area contributed by atoms with E-state index in [4.69, 9.17) is 4.74 Å². The zero-order chi connectivity index (χ0) is 19.2. The highest BCUT2D eigenvalue weighted by Gasteiger charge is 2.22. The predicted molar refractivity (Wildman–Crippen MR) is 128 cm³/mol.